The van der Waals surface area contributed by atoms with Gasteiger partial charge in [-0.2, -0.15) is 0 Å². The number of aryl methyl sites for hydroxylation is 1. The van der Waals surface area contributed by atoms with Crippen LogP contribution in [0, 0.1) is 0 Å². The molecule has 2 N–H and O–H groups in total. The molecule has 0 amide bonds. The molecule has 3 aromatic rings. The fraction of sp³-hybridized carbons (Fsp3) is 0.294. The molecule has 1 aromatic carbocycles. The van der Waals surface area contributed by atoms with Crippen molar-refractivity contribution in [2.45, 2.75) is 26.3 Å². The first-order chi connectivity index (χ1) is 10.3. The molecule has 0 bridgehead atoms. The summed E-state index contributed by atoms with van der Waals surface area (Å²) in [4.78, 5) is 12.1. The molecule has 0 aliphatic rings. The molecule has 0 spiro atoms. The lowest BCUT2D eigenvalue weighted by molar-refractivity contribution is 0.673. The van der Waals surface area contributed by atoms with E-state index in [0.29, 0.717) is 0 Å². The average Bonchev–Trinajstić information content (AvgIpc) is 2.94. The summed E-state index contributed by atoms with van der Waals surface area (Å²) in [5.41, 5.74) is 4.73. The molecule has 0 fully saturated rings. The largest absolute Gasteiger partial charge is 0.342 e. The molecule has 2 aromatic heterocycles. The maximum Gasteiger partial charge on any atom is 0.108 e. The number of pyridine rings is 1. The summed E-state index contributed by atoms with van der Waals surface area (Å²) in [7, 11) is 0. The minimum absolute atomic E-state index is 0.841. The van der Waals surface area contributed by atoms with E-state index in [0.717, 1.165) is 42.8 Å². The maximum absolute atomic E-state index is 4.62. The standard InChI is InChI=1S/C17H20N4/c1-2-13-5-6-15-16(10-13)21-17(20-15)7-9-19-12-14-4-3-8-18-11-14/h3-6,8,10-11,19H,2,7,9,12H2,1H3,(H,20,21). The van der Waals surface area contributed by atoms with Crippen LogP contribution in [0.4, 0.5) is 0 Å². The first-order valence-electron chi connectivity index (χ1n) is 7.42. The first-order valence-corrected chi connectivity index (χ1v) is 7.42. The van der Waals surface area contributed by atoms with Gasteiger partial charge in [0, 0.05) is 31.9 Å². The molecular formula is C17H20N4. The number of nitrogens with one attached hydrogen (secondary N) is 2. The van der Waals surface area contributed by atoms with E-state index in [1.807, 2.05) is 12.3 Å². The molecule has 0 atom stereocenters. The lowest BCUT2D eigenvalue weighted by Crippen LogP contribution is -2.17. The fourth-order valence-electron chi connectivity index (χ4n) is 2.39. The van der Waals surface area contributed by atoms with Gasteiger partial charge in [-0.15, -0.1) is 0 Å². The Balaban J connectivity index is 1.55. The number of hydrogen-bond donors (Lipinski definition) is 2. The van der Waals surface area contributed by atoms with E-state index in [1.54, 1.807) is 6.20 Å². The minimum Gasteiger partial charge on any atom is -0.342 e. The molecule has 0 aliphatic carbocycles. The van der Waals surface area contributed by atoms with E-state index in [-0.39, 0.29) is 0 Å². The van der Waals surface area contributed by atoms with E-state index in [1.165, 1.54) is 11.1 Å². The molecule has 108 valence electrons. The summed E-state index contributed by atoms with van der Waals surface area (Å²) < 4.78 is 0. The Hall–Kier alpha value is -2.20. The van der Waals surface area contributed by atoms with Gasteiger partial charge < -0.3 is 10.3 Å². The van der Waals surface area contributed by atoms with Gasteiger partial charge in [-0.3, -0.25) is 4.98 Å². The number of H-pyrrole nitrogens is 1. The highest BCUT2D eigenvalue weighted by molar-refractivity contribution is 5.75. The van der Waals surface area contributed by atoms with Crippen molar-refractivity contribution in [3.8, 4) is 0 Å². The van der Waals surface area contributed by atoms with Crippen LogP contribution in [0.1, 0.15) is 23.9 Å². The summed E-state index contributed by atoms with van der Waals surface area (Å²) in [6.07, 6.45) is 5.64. The van der Waals surface area contributed by atoms with Crippen LogP contribution >= 0.6 is 0 Å². The first kappa shape index (κ1) is 13.8. The highest BCUT2D eigenvalue weighted by atomic mass is 14.9. The molecule has 21 heavy (non-hydrogen) atoms. The van der Waals surface area contributed by atoms with Crippen molar-refractivity contribution in [2.24, 2.45) is 0 Å². The molecule has 0 radical (unpaired) electrons. The molecule has 0 unspecified atom stereocenters. The van der Waals surface area contributed by atoms with Crippen LogP contribution in [0.5, 0.6) is 0 Å². The Bertz CT molecular complexity index is 703. The van der Waals surface area contributed by atoms with E-state index in [9.17, 15) is 0 Å². The third-order valence-corrected chi connectivity index (χ3v) is 3.59. The second-order valence-corrected chi connectivity index (χ2v) is 5.18. The minimum atomic E-state index is 0.841. The van der Waals surface area contributed by atoms with Crippen molar-refractivity contribution >= 4 is 11.0 Å². The lowest BCUT2D eigenvalue weighted by atomic mass is 10.1. The number of aromatic amines is 1. The highest BCUT2D eigenvalue weighted by Crippen LogP contribution is 2.14. The Labute approximate surface area is 124 Å². The van der Waals surface area contributed by atoms with Crippen molar-refractivity contribution in [2.75, 3.05) is 6.54 Å². The number of rotatable bonds is 6. The third kappa shape index (κ3) is 3.47. The summed E-state index contributed by atoms with van der Waals surface area (Å²) in [5.74, 6) is 1.04. The normalized spacial score (nSPS) is 11.1. The van der Waals surface area contributed by atoms with E-state index >= 15 is 0 Å². The predicted molar refractivity (Wildman–Crippen MR) is 85.1 cm³/mol. The number of nitrogens with zero attached hydrogens (tertiary/aromatic N) is 2. The molecule has 4 heteroatoms. The van der Waals surface area contributed by atoms with Gasteiger partial charge in [0.05, 0.1) is 11.0 Å². The van der Waals surface area contributed by atoms with Gasteiger partial charge in [0.15, 0.2) is 0 Å². The van der Waals surface area contributed by atoms with Crippen molar-refractivity contribution in [1.82, 2.24) is 20.3 Å². The monoisotopic (exact) mass is 280 g/mol. The fourth-order valence-corrected chi connectivity index (χ4v) is 2.39. The molecule has 0 saturated carbocycles. The number of hydrogen-bond acceptors (Lipinski definition) is 3. The second-order valence-electron chi connectivity index (χ2n) is 5.18. The van der Waals surface area contributed by atoms with Crippen LogP contribution in [-0.4, -0.2) is 21.5 Å². The Morgan fingerprint density at radius 2 is 2.14 bits per heavy atom. The van der Waals surface area contributed by atoms with Gasteiger partial charge in [0.25, 0.3) is 0 Å². The SMILES string of the molecule is CCc1ccc2nc(CCNCc3cccnc3)[nH]c2c1. The van der Waals surface area contributed by atoms with Gasteiger partial charge >= 0.3 is 0 Å². The quantitative estimate of drug-likeness (QED) is 0.683. The predicted octanol–water partition coefficient (Wildman–Crippen LogP) is 2.85. The van der Waals surface area contributed by atoms with Crippen LogP contribution in [-0.2, 0) is 19.4 Å². The topological polar surface area (TPSA) is 53.6 Å². The molecule has 3 rings (SSSR count). The van der Waals surface area contributed by atoms with Crippen molar-refractivity contribution in [3.05, 3.63) is 59.7 Å². The lowest BCUT2D eigenvalue weighted by Gasteiger charge is -2.02. The number of benzene rings is 1. The van der Waals surface area contributed by atoms with Gasteiger partial charge in [-0.25, -0.2) is 4.98 Å². The third-order valence-electron chi connectivity index (χ3n) is 3.59. The van der Waals surface area contributed by atoms with Crippen LogP contribution in [0.15, 0.2) is 42.7 Å². The van der Waals surface area contributed by atoms with Gasteiger partial charge in [-0.05, 0) is 35.7 Å². The zero-order chi connectivity index (χ0) is 14.5. The number of imidazole rings is 1. The zero-order valence-corrected chi connectivity index (χ0v) is 12.3. The van der Waals surface area contributed by atoms with Crippen molar-refractivity contribution < 1.29 is 0 Å². The Kier molecular flexibility index (Phi) is 4.26. The Morgan fingerprint density at radius 1 is 1.19 bits per heavy atom. The maximum atomic E-state index is 4.62. The smallest absolute Gasteiger partial charge is 0.108 e. The van der Waals surface area contributed by atoms with Crippen molar-refractivity contribution in [3.63, 3.8) is 0 Å². The van der Waals surface area contributed by atoms with Crippen LogP contribution in [0.25, 0.3) is 11.0 Å². The average molecular weight is 280 g/mol. The Morgan fingerprint density at radius 3 is 2.95 bits per heavy atom. The molecule has 0 saturated heterocycles. The highest BCUT2D eigenvalue weighted by Gasteiger charge is 2.03. The summed E-state index contributed by atoms with van der Waals surface area (Å²) in [5, 5.41) is 3.42. The molecular weight excluding hydrogens is 260 g/mol. The zero-order valence-electron chi connectivity index (χ0n) is 12.3. The van der Waals surface area contributed by atoms with E-state index < -0.39 is 0 Å². The summed E-state index contributed by atoms with van der Waals surface area (Å²) >= 11 is 0. The van der Waals surface area contributed by atoms with Gasteiger partial charge in [-0.1, -0.05) is 19.1 Å². The summed E-state index contributed by atoms with van der Waals surface area (Å²) in [6, 6.07) is 10.5. The molecule has 2 heterocycles. The molecule has 4 nitrogen and oxygen atoms in total. The van der Waals surface area contributed by atoms with Crippen LogP contribution < -0.4 is 5.32 Å². The van der Waals surface area contributed by atoms with E-state index in [2.05, 4.69) is 51.5 Å². The number of aromatic nitrogens is 3. The van der Waals surface area contributed by atoms with Crippen molar-refractivity contribution in [1.29, 1.82) is 0 Å². The second kappa shape index (κ2) is 6.50. The van der Waals surface area contributed by atoms with Crippen LogP contribution in [0.2, 0.25) is 0 Å². The van der Waals surface area contributed by atoms with Gasteiger partial charge in [0.1, 0.15) is 5.82 Å². The van der Waals surface area contributed by atoms with Gasteiger partial charge in [0.2, 0.25) is 0 Å². The molecule has 0 aliphatic heterocycles. The summed E-state index contributed by atoms with van der Waals surface area (Å²) in [6.45, 7) is 3.91. The number of fused-ring (bicyclic) bond motifs is 1. The van der Waals surface area contributed by atoms with E-state index in [4.69, 9.17) is 0 Å². The van der Waals surface area contributed by atoms with Crippen LogP contribution in [0.3, 0.4) is 0 Å².